The van der Waals surface area contributed by atoms with Crippen molar-refractivity contribution in [3.8, 4) is 5.69 Å². The third kappa shape index (κ3) is 4.47. The third-order valence-electron chi connectivity index (χ3n) is 5.55. The number of urea groups is 1. The number of aromatic nitrogens is 3. The van der Waals surface area contributed by atoms with E-state index < -0.39 is 23.7 Å². The summed E-state index contributed by atoms with van der Waals surface area (Å²) < 4.78 is 40.4. The number of nitrogens with zero attached hydrogens (tertiary/aromatic N) is 3. The predicted octanol–water partition coefficient (Wildman–Crippen LogP) is 4.92. The average Bonchev–Trinajstić information content (AvgIpc) is 3.13. The van der Waals surface area contributed by atoms with Gasteiger partial charge in [-0.25, -0.2) is 14.8 Å². The van der Waals surface area contributed by atoms with Crippen molar-refractivity contribution in [2.45, 2.75) is 6.18 Å². The van der Waals surface area contributed by atoms with Crippen LogP contribution in [-0.2, 0) is 6.18 Å². The number of para-hydroxylation sites is 2. The minimum Gasteiger partial charge on any atom is -0.384 e. The Morgan fingerprint density at radius 2 is 1.46 bits per heavy atom. The van der Waals surface area contributed by atoms with E-state index in [0.717, 1.165) is 12.1 Å². The smallest absolute Gasteiger partial charge is 0.384 e. The molecule has 0 aliphatic carbocycles. The summed E-state index contributed by atoms with van der Waals surface area (Å²) in [7, 11) is 0. The molecule has 0 spiro atoms. The van der Waals surface area contributed by atoms with Crippen molar-refractivity contribution < 1.29 is 22.8 Å². The van der Waals surface area contributed by atoms with Gasteiger partial charge in [0.25, 0.3) is 5.91 Å². The molecule has 3 amide bonds. The first-order chi connectivity index (χ1) is 17.6. The number of carbonyl (C=O) groups is 2. The minimum atomic E-state index is -4.54. The molecular weight excluding hydrogens is 487 g/mol. The number of nitrogen functional groups attached to an aromatic ring is 1. The van der Waals surface area contributed by atoms with Gasteiger partial charge < -0.3 is 22.1 Å². The summed E-state index contributed by atoms with van der Waals surface area (Å²) in [6, 6.07) is 17.0. The number of amides is 3. The second kappa shape index (κ2) is 8.82. The lowest BCUT2D eigenvalue weighted by Gasteiger charge is -2.12. The second-order valence-electron chi connectivity index (χ2n) is 8.05. The van der Waals surface area contributed by atoms with E-state index >= 15 is 0 Å². The number of hydrogen-bond acceptors (Lipinski definition) is 5. The van der Waals surface area contributed by atoms with Gasteiger partial charge in [0.15, 0.2) is 5.65 Å². The summed E-state index contributed by atoms with van der Waals surface area (Å²) in [5.41, 5.74) is 13.4. The Labute approximate surface area is 206 Å². The van der Waals surface area contributed by atoms with Crippen LogP contribution < -0.4 is 22.1 Å². The van der Waals surface area contributed by atoms with Crippen LogP contribution in [-0.4, -0.2) is 26.5 Å². The van der Waals surface area contributed by atoms with Crippen molar-refractivity contribution >= 4 is 51.3 Å². The van der Waals surface area contributed by atoms with Crippen LogP contribution in [0.5, 0.6) is 0 Å². The molecule has 0 bridgehead atoms. The highest BCUT2D eigenvalue weighted by atomic mass is 19.4. The zero-order valence-electron chi connectivity index (χ0n) is 18.9. The number of anilines is 3. The van der Waals surface area contributed by atoms with E-state index in [-0.39, 0.29) is 28.2 Å². The van der Waals surface area contributed by atoms with Crippen molar-refractivity contribution in [1.82, 2.24) is 14.5 Å². The molecule has 0 saturated carbocycles. The Morgan fingerprint density at radius 3 is 2.11 bits per heavy atom. The standard InChI is InChI=1S/C25H18F3N7O2/c26-25(27,28)13-5-3-6-14(11-13)31-24(37)32-15-7-4-8-16(12-15)35-21(29)19(22(30)36)20-23(35)34-18-10-2-1-9-17(18)33-20/h1-12H,29H2,(H2,30,36)(H2,31,32,37). The van der Waals surface area contributed by atoms with Crippen molar-refractivity contribution in [3.63, 3.8) is 0 Å². The molecule has 186 valence electrons. The van der Waals surface area contributed by atoms with Crippen molar-refractivity contribution in [2.75, 3.05) is 16.4 Å². The van der Waals surface area contributed by atoms with Crippen LogP contribution in [0.3, 0.4) is 0 Å². The Bertz CT molecular complexity index is 1700. The number of halogens is 3. The van der Waals surface area contributed by atoms with Crippen LogP contribution in [0.1, 0.15) is 15.9 Å². The van der Waals surface area contributed by atoms with E-state index in [1.165, 1.54) is 16.7 Å². The lowest BCUT2D eigenvalue weighted by atomic mass is 10.2. The summed E-state index contributed by atoms with van der Waals surface area (Å²) >= 11 is 0. The van der Waals surface area contributed by atoms with Crippen LogP contribution in [0, 0.1) is 0 Å². The van der Waals surface area contributed by atoms with Crippen molar-refractivity contribution in [3.05, 3.63) is 83.9 Å². The molecule has 0 unspecified atom stereocenters. The fraction of sp³-hybridized carbons (Fsp3) is 0.0400. The van der Waals surface area contributed by atoms with E-state index in [1.54, 1.807) is 48.5 Å². The Hall–Kier alpha value is -5.13. The lowest BCUT2D eigenvalue weighted by molar-refractivity contribution is -0.137. The van der Waals surface area contributed by atoms with Crippen LogP contribution >= 0.6 is 0 Å². The maximum atomic E-state index is 13.0. The van der Waals surface area contributed by atoms with Gasteiger partial charge in [-0.3, -0.25) is 9.36 Å². The van der Waals surface area contributed by atoms with Gasteiger partial charge in [-0.15, -0.1) is 0 Å². The van der Waals surface area contributed by atoms with Gasteiger partial charge in [-0.05, 0) is 48.5 Å². The summed E-state index contributed by atoms with van der Waals surface area (Å²) in [5, 5.41) is 4.95. The van der Waals surface area contributed by atoms with Crippen LogP contribution in [0.4, 0.5) is 35.2 Å². The maximum absolute atomic E-state index is 13.0. The summed E-state index contributed by atoms with van der Waals surface area (Å²) in [4.78, 5) is 33.8. The Morgan fingerprint density at radius 1 is 0.838 bits per heavy atom. The van der Waals surface area contributed by atoms with Crippen LogP contribution in [0.2, 0.25) is 0 Å². The van der Waals surface area contributed by atoms with Gasteiger partial charge in [0.1, 0.15) is 16.9 Å². The van der Waals surface area contributed by atoms with Gasteiger partial charge in [-0.2, -0.15) is 13.2 Å². The molecule has 3 aromatic carbocycles. The molecule has 5 rings (SSSR count). The van der Waals surface area contributed by atoms with Crippen molar-refractivity contribution in [1.29, 1.82) is 0 Å². The first-order valence-corrected chi connectivity index (χ1v) is 10.8. The molecular formula is C25H18F3N7O2. The van der Waals surface area contributed by atoms with Gasteiger partial charge in [-0.1, -0.05) is 24.3 Å². The number of primary amides is 1. The Balaban J connectivity index is 1.50. The second-order valence-corrected chi connectivity index (χ2v) is 8.05. The number of benzene rings is 3. The fourth-order valence-electron chi connectivity index (χ4n) is 3.96. The molecule has 6 N–H and O–H groups in total. The van der Waals surface area contributed by atoms with Crippen LogP contribution in [0.25, 0.3) is 27.9 Å². The molecule has 2 heterocycles. The number of alkyl halides is 3. The highest BCUT2D eigenvalue weighted by Crippen LogP contribution is 2.32. The molecule has 0 fully saturated rings. The molecule has 37 heavy (non-hydrogen) atoms. The SMILES string of the molecule is NC(=O)c1c(N)n(-c2cccc(NC(=O)Nc3cccc(C(F)(F)F)c3)c2)c2nc3ccccc3nc12. The highest BCUT2D eigenvalue weighted by Gasteiger charge is 2.30. The average molecular weight is 505 g/mol. The predicted molar refractivity (Wildman–Crippen MR) is 133 cm³/mol. The maximum Gasteiger partial charge on any atom is 0.416 e. The Kier molecular flexibility index (Phi) is 5.63. The minimum absolute atomic E-state index is 0.00825. The number of nitrogens with two attached hydrogens (primary N) is 2. The molecule has 0 radical (unpaired) electrons. The number of carbonyl (C=O) groups excluding carboxylic acids is 2. The highest BCUT2D eigenvalue weighted by molar-refractivity contribution is 6.10. The van der Waals surface area contributed by atoms with E-state index in [4.69, 9.17) is 11.5 Å². The van der Waals surface area contributed by atoms with Crippen LogP contribution in [0.15, 0.2) is 72.8 Å². The number of fused-ring (bicyclic) bond motifs is 2. The zero-order valence-corrected chi connectivity index (χ0v) is 18.9. The lowest BCUT2D eigenvalue weighted by Crippen LogP contribution is -2.20. The molecule has 0 atom stereocenters. The molecule has 0 aliphatic heterocycles. The van der Waals surface area contributed by atoms with E-state index in [0.29, 0.717) is 22.4 Å². The fourth-order valence-corrected chi connectivity index (χ4v) is 3.96. The molecule has 12 heteroatoms. The quantitative estimate of drug-likeness (QED) is 0.274. The van der Waals surface area contributed by atoms with E-state index in [2.05, 4.69) is 20.6 Å². The largest absolute Gasteiger partial charge is 0.416 e. The molecule has 2 aromatic heterocycles. The molecule has 5 aromatic rings. The number of rotatable bonds is 4. The molecule has 0 saturated heterocycles. The summed E-state index contributed by atoms with van der Waals surface area (Å²) in [5.74, 6) is -0.760. The zero-order chi connectivity index (χ0) is 26.3. The van der Waals surface area contributed by atoms with E-state index in [1.807, 2.05) is 0 Å². The van der Waals surface area contributed by atoms with E-state index in [9.17, 15) is 22.8 Å². The summed E-state index contributed by atoms with van der Waals surface area (Å²) in [6.07, 6.45) is -4.54. The van der Waals surface area contributed by atoms with Gasteiger partial charge in [0, 0.05) is 11.4 Å². The monoisotopic (exact) mass is 505 g/mol. The number of nitrogens with one attached hydrogen (secondary N) is 2. The van der Waals surface area contributed by atoms with Gasteiger partial charge in [0.05, 0.1) is 22.3 Å². The molecule has 9 nitrogen and oxygen atoms in total. The van der Waals surface area contributed by atoms with Gasteiger partial charge in [0.2, 0.25) is 0 Å². The van der Waals surface area contributed by atoms with Gasteiger partial charge >= 0.3 is 12.2 Å². The summed E-state index contributed by atoms with van der Waals surface area (Å²) in [6.45, 7) is 0. The van der Waals surface area contributed by atoms with Crippen molar-refractivity contribution in [2.24, 2.45) is 5.73 Å². The third-order valence-corrected chi connectivity index (χ3v) is 5.55. The number of hydrogen-bond donors (Lipinski definition) is 4. The normalized spacial score (nSPS) is 11.5. The molecule has 0 aliphatic rings. The first-order valence-electron chi connectivity index (χ1n) is 10.8. The first kappa shape index (κ1) is 23.6. The topological polar surface area (TPSA) is 141 Å².